The number of hydrogen-bond acceptors (Lipinski definition) is 4. The van der Waals surface area contributed by atoms with Gasteiger partial charge in [0.15, 0.2) is 0 Å². The SMILES string of the molecule is Cc1cccc2[nH]c(CCC(=O)N3CCC[C@H]3Cn3ccnn3)nc12. The van der Waals surface area contributed by atoms with Crippen molar-refractivity contribution in [1.29, 1.82) is 0 Å². The van der Waals surface area contributed by atoms with Gasteiger partial charge >= 0.3 is 0 Å². The van der Waals surface area contributed by atoms with Gasteiger partial charge in [-0.05, 0) is 31.4 Å². The summed E-state index contributed by atoms with van der Waals surface area (Å²) < 4.78 is 1.80. The molecule has 0 bridgehead atoms. The molecule has 1 amide bonds. The number of aromatic amines is 1. The standard InChI is InChI=1S/C18H22N6O/c1-13-4-2-6-15-18(13)21-16(20-15)7-8-17(25)24-10-3-5-14(24)12-23-11-9-19-22-23/h2,4,6,9,11,14H,3,5,7-8,10,12H2,1H3,(H,20,21)/t14-/m0/s1. The predicted octanol–water partition coefficient (Wildman–Crippen LogP) is 2.09. The van der Waals surface area contributed by atoms with Gasteiger partial charge in [0.25, 0.3) is 0 Å². The first kappa shape index (κ1) is 15.8. The van der Waals surface area contributed by atoms with Gasteiger partial charge in [0.1, 0.15) is 5.82 Å². The summed E-state index contributed by atoms with van der Waals surface area (Å²) in [6.07, 6.45) is 6.71. The van der Waals surface area contributed by atoms with E-state index in [9.17, 15) is 4.79 Å². The zero-order valence-electron chi connectivity index (χ0n) is 14.4. The Morgan fingerprint density at radius 1 is 1.40 bits per heavy atom. The lowest BCUT2D eigenvalue weighted by atomic mass is 10.2. The molecule has 25 heavy (non-hydrogen) atoms. The van der Waals surface area contributed by atoms with E-state index in [1.807, 2.05) is 23.2 Å². The van der Waals surface area contributed by atoms with Crippen molar-refractivity contribution in [2.45, 2.75) is 45.2 Å². The van der Waals surface area contributed by atoms with Crippen molar-refractivity contribution < 1.29 is 4.79 Å². The van der Waals surface area contributed by atoms with Crippen LogP contribution in [0.4, 0.5) is 0 Å². The summed E-state index contributed by atoms with van der Waals surface area (Å²) >= 11 is 0. The summed E-state index contributed by atoms with van der Waals surface area (Å²) in [5, 5.41) is 7.85. The smallest absolute Gasteiger partial charge is 0.223 e. The summed E-state index contributed by atoms with van der Waals surface area (Å²) in [6.45, 7) is 3.60. The summed E-state index contributed by atoms with van der Waals surface area (Å²) in [7, 11) is 0. The Hall–Kier alpha value is -2.70. The summed E-state index contributed by atoms with van der Waals surface area (Å²) in [5.74, 6) is 1.07. The molecule has 1 aliphatic rings. The molecule has 3 aromatic rings. The Labute approximate surface area is 146 Å². The maximum absolute atomic E-state index is 12.7. The number of imidazole rings is 1. The van der Waals surface area contributed by atoms with Gasteiger partial charge in [-0.1, -0.05) is 17.3 Å². The molecule has 4 rings (SSSR count). The van der Waals surface area contributed by atoms with E-state index in [1.165, 1.54) is 0 Å². The van der Waals surface area contributed by atoms with E-state index < -0.39 is 0 Å². The highest BCUT2D eigenvalue weighted by Gasteiger charge is 2.28. The van der Waals surface area contributed by atoms with Crippen LogP contribution in [0.15, 0.2) is 30.6 Å². The third kappa shape index (κ3) is 3.26. The van der Waals surface area contributed by atoms with Gasteiger partial charge in [0.2, 0.25) is 5.91 Å². The lowest BCUT2D eigenvalue weighted by Crippen LogP contribution is -2.38. The number of H-pyrrole nitrogens is 1. The van der Waals surface area contributed by atoms with Crippen LogP contribution < -0.4 is 0 Å². The van der Waals surface area contributed by atoms with Gasteiger partial charge < -0.3 is 9.88 Å². The Kier molecular flexibility index (Phi) is 4.21. The molecule has 0 radical (unpaired) electrons. The average Bonchev–Trinajstić information content (AvgIpc) is 3.34. The molecule has 130 valence electrons. The van der Waals surface area contributed by atoms with E-state index in [1.54, 1.807) is 10.9 Å². The number of carbonyl (C=O) groups excluding carboxylic acids is 1. The molecule has 1 atom stereocenters. The number of likely N-dealkylation sites (tertiary alicyclic amines) is 1. The molecule has 1 saturated heterocycles. The largest absolute Gasteiger partial charge is 0.342 e. The molecule has 3 heterocycles. The lowest BCUT2D eigenvalue weighted by molar-refractivity contribution is -0.132. The van der Waals surface area contributed by atoms with Crippen molar-refractivity contribution in [1.82, 2.24) is 29.9 Å². The number of carbonyl (C=O) groups is 1. The Bertz CT molecular complexity index is 869. The molecule has 0 unspecified atom stereocenters. The quantitative estimate of drug-likeness (QED) is 0.772. The topological polar surface area (TPSA) is 79.7 Å². The van der Waals surface area contributed by atoms with Crippen LogP contribution in [-0.2, 0) is 17.8 Å². The fourth-order valence-corrected chi connectivity index (χ4v) is 3.61. The first-order chi connectivity index (χ1) is 12.2. The summed E-state index contributed by atoms with van der Waals surface area (Å²) in [4.78, 5) is 22.6. The van der Waals surface area contributed by atoms with E-state index in [2.05, 4.69) is 33.3 Å². The average molecular weight is 338 g/mol. The van der Waals surface area contributed by atoms with E-state index in [-0.39, 0.29) is 11.9 Å². The Morgan fingerprint density at radius 2 is 2.32 bits per heavy atom. The predicted molar refractivity (Wildman–Crippen MR) is 93.9 cm³/mol. The fourth-order valence-electron chi connectivity index (χ4n) is 3.61. The second-order valence-corrected chi connectivity index (χ2v) is 6.66. The van der Waals surface area contributed by atoms with E-state index in [0.29, 0.717) is 12.8 Å². The normalized spacial score (nSPS) is 17.5. The Morgan fingerprint density at radius 3 is 3.12 bits per heavy atom. The van der Waals surface area contributed by atoms with Crippen molar-refractivity contribution in [2.75, 3.05) is 6.54 Å². The number of rotatable bonds is 5. The highest BCUT2D eigenvalue weighted by Crippen LogP contribution is 2.21. The van der Waals surface area contributed by atoms with Gasteiger partial charge in [-0.3, -0.25) is 9.48 Å². The van der Waals surface area contributed by atoms with Crippen LogP contribution in [0, 0.1) is 6.92 Å². The van der Waals surface area contributed by atoms with Crippen molar-refractivity contribution in [2.24, 2.45) is 0 Å². The van der Waals surface area contributed by atoms with E-state index in [4.69, 9.17) is 0 Å². The minimum absolute atomic E-state index is 0.194. The lowest BCUT2D eigenvalue weighted by Gasteiger charge is -2.24. The fraction of sp³-hybridized carbons (Fsp3) is 0.444. The molecule has 1 aromatic carbocycles. The van der Waals surface area contributed by atoms with E-state index in [0.717, 1.165) is 48.4 Å². The maximum Gasteiger partial charge on any atom is 0.223 e. The van der Waals surface area contributed by atoms with Crippen molar-refractivity contribution in [3.05, 3.63) is 42.0 Å². The van der Waals surface area contributed by atoms with Crippen LogP contribution in [0.1, 0.15) is 30.7 Å². The molecule has 1 fully saturated rings. The van der Waals surface area contributed by atoms with Crippen LogP contribution >= 0.6 is 0 Å². The highest BCUT2D eigenvalue weighted by molar-refractivity contribution is 5.79. The molecule has 1 aliphatic heterocycles. The van der Waals surface area contributed by atoms with Crippen LogP contribution in [0.3, 0.4) is 0 Å². The number of aromatic nitrogens is 5. The number of fused-ring (bicyclic) bond motifs is 1. The minimum Gasteiger partial charge on any atom is -0.342 e. The Balaban J connectivity index is 1.39. The van der Waals surface area contributed by atoms with Crippen molar-refractivity contribution in [3.63, 3.8) is 0 Å². The van der Waals surface area contributed by atoms with Crippen LogP contribution in [0.2, 0.25) is 0 Å². The molecule has 0 spiro atoms. The van der Waals surface area contributed by atoms with Gasteiger partial charge in [0, 0.05) is 25.6 Å². The molecular formula is C18H22N6O. The van der Waals surface area contributed by atoms with Crippen molar-refractivity contribution >= 4 is 16.9 Å². The number of amides is 1. The molecule has 7 heteroatoms. The summed E-state index contributed by atoms with van der Waals surface area (Å²) in [6, 6.07) is 6.31. The third-order valence-corrected chi connectivity index (χ3v) is 4.91. The first-order valence-corrected chi connectivity index (χ1v) is 8.78. The number of para-hydroxylation sites is 1. The zero-order chi connectivity index (χ0) is 17.2. The van der Waals surface area contributed by atoms with Crippen LogP contribution in [0.5, 0.6) is 0 Å². The van der Waals surface area contributed by atoms with Crippen molar-refractivity contribution in [3.8, 4) is 0 Å². The molecule has 1 N–H and O–H groups in total. The molecule has 7 nitrogen and oxygen atoms in total. The van der Waals surface area contributed by atoms with Gasteiger partial charge in [-0.25, -0.2) is 4.98 Å². The van der Waals surface area contributed by atoms with Crippen LogP contribution in [-0.4, -0.2) is 48.4 Å². The first-order valence-electron chi connectivity index (χ1n) is 8.78. The second-order valence-electron chi connectivity index (χ2n) is 6.66. The molecule has 0 saturated carbocycles. The maximum atomic E-state index is 12.7. The number of nitrogens with zero attached hydrogens (tertiary/aromatic N) is 5. The monoisotopic (exact) mass is 338 g/mol. The third-order valence-electron chi connectivity index (χ3n) is 4.91. The summed E-state index contributed by atoms with van der Waals surface area (Å²) in [5.41, 5.74) is 3.18. The van der Waals surface area contributed by atoms with Gasteiger partial charge in [0.05, 0.1) is 29.8 Å². The van der Waals surface area contributed by atoms with Gasteiger partial charge in [-0.15, -0.1) is 5.10 Å². The molecule has 2 aromatic heterocycles. The highest BCUT2D eigenvalue weighted by atomic mass is 16.2. The van der Waals surface area contributed by atoms with Gasteiger partial charge in [-0.2, -0.15) is 0 Å². The number of benzene rings is 1. The van der Waals surface area contributed by atoms with E-state index >= 15 is 0 Å². The second kappa shape index (κ2) is 6.66. The zero-order valence-corrected chi connectivity index (χ0v) is 14.4. The number of hydrogen-bond donors (Lipinski definition) is 1. The number of nitrogens with one attached hydrogen (secondary N) is 1. The minimum atomic E-state index is 0.194. The molecular weight excluding hydrogens is 316 g/mol. The molecule has 0 aliphatic carbocycles. The number of aryl methyl sites for hydroxylation is 2. The van der Waals surface area contributed by atoms with Crippen LogP contribution in [0.25, 0.3) is 11.0 Å².